The fourth-order valence-electron chi connectivity index (χ4n) is 4.23. The second-order valence-electron chi connectivity index (χ2n) is 8.15. The van der Waals surface area contributed by atoms with Gasteiger partial charge in [0.1, 0.15) is 0 Å². The number of hydrogen-bond acceptors (Lipinski definition) is 4. The maximum absolute atomic E-state index is 12.1. The topological polar surface area (TPSA) is 64.6 Å². The molecular formula is C21H37NO4Si. The van der Waals surface area contributed by atoms with Crippen LogP contribution in [0.5, 0.6) is 0 Å². The van der Waals surface area contributed by atoms with Crippen LogP contribution in [-0.2, 0) is 18.8 Å². The summed E-state index contributed by atoms with van der Waals surface area (Å²) in [5.74, 6) is 0.228. The molecular weight excluding hydrogens is 358 g/mol. The molecule has 0 aromatic rings. The monoisotopic (exact) mass is 395 g/mol. The average Bonchev–Trinajstić information content (AvgIpc) is 2.57. The minimum Gasteiger partial charge on any atom is -0.546 e. The molecule has 0 aromatic heterocycles. The van der Waals surface area contributed by atoms with E-state index in [2.05, 4.69) is 52.9 Å². The van der Waals surface area contributed by atoms with E-state index in [0.29, 0.717) is 23.2 Å². The molecule has 1 aliphatic rings. The molecule has 27 heavy (non-hydrogen) atoms. The Morgan fingerprint density at radius 3 is 2.26 bits per heavy atom. The van der Waals surface area contributed by atoms with Crippen molar-refractivity contribution in [1.29, 1.82) is 0 Å². The zero-order valence-corrected chi connectivity index (χ0v) is 19.0. The molecule has 6 heteroatoms. The summed E-state index contributed by atoms with van der Waals surface area (Å²) in [6.07, 6.45) is 7.25. The Hall–Kier alpha value is -1.56. The molecule has 0 aliphatic heterocycles. The number of nitrogens with one attached hydrogen (secondary N) is 1. The van der Waals surface area contributed by atoms with E-state index in [1.807, 2.05) is 0 Å². The molecule has 1 rings (SSSR count). The SMILES string of the molecule is CCOC(=O)/C=C/C(=O)NC1C=C(O[Si](C(C)C)(C(C)C)C(C)C)CCC1. The van der Waals surface area contributed by atoms with E-state index in [0.717, 1.165) is 31.1 Å². The lowest BCUT2D eigenvalue weighted by Crippen LogP contribution is -2.48. The highest BCUT2D eigenvalue weighted by Gasteiger charge is 2.47. The van der Waals surface area contributed by atoms with E-state index in [1.54, 1.807) is 6.92 Å². The van der Waals surface area contributed by atoms with Crippen LogP contribution in [0.2, 0.25) is 16.6 Å². The van der Waals surface area contributed by atoms with E-state index in [1.165, 1.54) is 6.08 Å². The van der Waals surface area contributed by atoms with E-state index in [4.69, 9.17) is 9.16 Å². The summed E-state index contributed by atoms with van der Waals surface area (Å²) in [6, 6.07) is -0.0636. The van der Waals surface area contributed by atoms with Gasteiger partial charge in [0.25, 0.3) is 8.32 Å². The molecule has 5 nitrogen and oxygen atoms in total. The molecule has 1 atom stereocenters. The van der Waals surface area contributed by atoms with Crippen molar-refractivity contribution in [3.05, 3.63) is 24.0 Å². The molecule has 0 heterocycles. The highest BCUT2D eigenvalue weighted by molar-refractivity contribution is 6.77. The third kappa shape index (κ3) is 6.52. The van der Waals surface area contributed by atoms with Gasteiger partial charge in [-0.05, 0) is 42.5 Å². The van der Waals surface area contributed by atoms with Gasteiger partial charge in [-0.1, -0.05) is 41.5 Å². The van der Waals surface area contributed by atoms with Gasteiger partial charge in [0.2, 0.25) is 5.91 Å². The average molecular weight is 396 g/mol. The molecule has 0 saturated heterocycles. The first-order valence-electron chi connectivity index (χ1n) is 10.2. The van der Waals surface area contributed by atoms with Crippen LogP contribution in [0.3, 0.4) is 0 Å². The van der Waals surface area contributed by atoms with Crippen molar-refractivity contribution in [2.24, 2.45) is 0 Å². The molecule has 0 spiro atoms. The summed E-state index contributed by atoms with van der Waals surface area (Å²) in [6.45, 7) is 15.7. The molecule has 154 valence electrons. The van der Waals surface area contributed by atoms with Gasteiger partial charge >= 0.3 is 5.97 Å². The zero-order valence-electron chi connectivity index (χ0n) is 18.0. The first kappa shape index (κ1) is 23.5. The van der Waals surface area contributed by atoms with E-state index in [9.17, 15) is 9.59 Å². The van der Waals surface area contributed by atoms with Crippen molar-refractivity contribution in [3.8, 4) is 0 Å². The number of hydrogen-bond donors (Lipinski definition) is 1. The second-order valence-corrected chi connectivity index (χ2v) is 13.5. The molecule has 0 bridgehead atoms. The van der Waals surface area contributed by atoms with Crippen LogP contribution in [0.4, 0.5) is 0 Å². The standard InChI is InChI=1S/C21H37NO4Si/c1-8-25-21(24)13-12-20(23)22-18-10-9-11-19(14-18)26-27(15(2)3,16(4)5)17(6)7/h12-18H,8-11H2,1-7H3,(H,22,23)/b13-12+. The Balaban J connectivity index is 2.84. The predicted octanol–water partition coefficient (Wildman–Crippen LogP) is 4.85. The second kappa shape index (κ2) is 10.7. The van der Waals surface area contributed by atoms with Gasteiger partial charge in [-0.3, -0.25) is 4.79 Å². The van der Waals surface area contributed by atoms with Gasteiger partial charge in [0.15, 0.2) is 0 Å². The molecule has 1 amide bonds. The van der Waals surface area contributed by atoms with Crippen LogP contribution in [-0.4, -0.2) is 32.8 Å². The van der Waals surface area contributed by atoms with E-state index >= 15 is 0 Å². The zero-order chi connectivity index (χ0) is 20.6. The van der Waals surface area contributed by atoms with Crippen LogP contribution in [0.1, 0.15) is 67.7 Å². The molecule has 1 unspecified atom stereocenters. The van der Waals surface area contributed by atoms with Crippen molar-refractivity contribution in [2.75, 3.05) is 6.61 Å². The van der Waals surface area contributed by atoms with Crippen molar-refractivity contribution in [2.45, 2.75) is 90.4 Å². The molecule has 0 aromatic carbocycles. The maximum Gasteiger partial charge on any atom is 0.330 e. The first-order chi connectivity index (χ1) is 12.6. The number of carbonyl (C=O) groups is 2. The summed E-state index contributed by atoms with van der Waals surface area (Å²) in [7, 11) is -1.98. The Bertz CT molecular complexity index is 545. The molecule has 1 aliphatic carbocycles. The molecule has 0 fully saturated rings. The van der Waals surface area contributed by atoms with Gasteiger partial charge in [-0.2, -0.15) is 0 Å². The number of amides is 1. The smallest absolute Gasteiger partial charge is 0.330 e. The highest BCUT2D eigenvalue weighted by atomic mass is 28.4. The molecule has 0 radical (unpaired) electrons. The lowest BCUT2D eigenvalue weighted by atomic mass is 10.0. The van der Waals surface area contributed by atoms with Gasteiger partial charge in [0.05, 0.1) is 18.4 Å². The van der Waals surface area contributed by atoms with E-state index in [-0.39, 0.29) is 11.9 Å². The lowest BCUT2D eigenvalue weighted by molar-refractivity contribution is -0.137. The fraction of sp³-hybridized carbons (Fsp3) is 0.714. The Kier molecular flexibility index (Phi) is 9.29. The van der Waals surface area contributed by atoms with Gasteiger partial charge in [0, 0.05) is 18.6 Å². The quantitative estimate of drug-likeness (QED) is 0.344. The Morgan fingerprint density at radius 2 is 1.74 bits per heavy atom. The normalized spacial score (nSPS) is 18.1. The first-order valence-corrected chi connectivity index (χ1v) is 12.3. The number of carbonyl (C=O) groups excluding carboxylic acids is 2. The summed E-state index contributed by atoms with van der Waals surface area (Å²) in [5, 5.41) is 2.95. The number of allylic oxidation sites excluding steroid dienone is 1. The van der Waals surface area contributed by atoms with Crippen LogP contribution in [0.15, 0.2) is 24.0 Å². The predicted molar refractivity (Wildman–Crippen MR) is 112 cm³/mol. The largest absolute Gasteiger partial charge is 0.546 e. The van der Waals surface area contributed by atoms with Gasteiger partial charge < -0.3 is 14.5 Å². The van der Waals surface area contributed by atoms with Crippen molar-refractivity contribution in [1.82, 2.24) is 5.32 Å². The van der Waals surface area contributed by atoms with Gasteiger partial charge in [-0.25, -0.2) is 4.79 Å². The summed E-state index contributed by atoms with van der Waals surface area (Å²) >= 11 is 0. The maximum atomic E-state index is 12.1. The number of esters is 1. The third-order valence-corrected chi connectivity index (χ3v) is 11.4. The van der Waals surface area contributed by atoms with E-state index < -0.39 is 14.3 Å². The minimum absolute atomic E-state index is 0.0636. The highest BCUT2D eigenvalue weighted by Crippen LogP contribution is 2.44. The van der Waals surface area contributed by atoms with Crippen LogP contribution in [0.25, 0.3) is 0 Å². The summed E-state index contributed by atoms with van der Waals surface area (Å²) < 4.78 is 11.6. The van der Waals surface area contributed by atoms with Gasteiger partial charge in [-0.15, -0.1) is 0 Å². The van der Waals surface area contributed by atoms with Crippen molar-refractivity contribution in [3.63, 3.8) is 0 Å². The van der Waals surface area contributed by atoms with Crippen LogP contribution < -0.4 is 5.32 Å². The fourth-order valence-corrected chi connectivity index (χ4v) is 9.56. The molecule has 0 saturated carbocycles. The van der Waals surface area contributed by atoms with Crippen LogP contribution in [0, 0.1) is 0 Å². The number of ether oxygens (including phenoxy) is 1. The van der Waals surface area contributed by atoms with Crippen LogP contribution >= 0.6 is 0 Å². The number of rotatable bonds is 9. The van der Waals surface area contributed by atoms with Crippen molar-refractivity contribution >= 4 is 20.2 Å². The van der Waals surface area contributed by atoms with Crippen molar-refractivity contribution < 1.29 is 18.8 Å². The third-order valence-electron chi connectivity index (χ3n) is 5.33. The minimum atomic E-state index is -1.98. The Morgan fingerprint density at radius 1 is 1.15 bits per heavy atom. The summed E-state index contributed by atoms with van der Waals surface area (Å²) in [4.78, 5) is 23.4. The molecule has 1 N–H and O–H groups in total. The summed E-state index contributed by atoms with van der Waals surface area (Å²) in [5.41, 5.74) is 1.54. The lowest BCUT2D eigenvalue weighted by Gasteiger charge is -2.43. The Labute approximate surface area is 165 Å².